The van der Waals surface area contributed by atoms with Crippen molar-refractivity contribution >= 4 is 17.4 Å². The smallest absolute Gasteiger partial charge is 0.317 e. The van der Waals surface area contributed by atoms with Gasteiger partial charge in [-0.3, -0.25) is 0 Å². The molecule has 0 aromatic carbocycles. The van der Waals surface area contributed by atoms with Crippen molar-refractivity contribution in [1.29, 1.82) is 0 Å². The number of carbonyl (C=O) groups is 1. The van der Waals surface area contributed by atoms with Gasteiger partial charge in [0, 0.05) is 44.5 Å². The van der Waals surface area contributed by atoms with Gasteiger partial charge < -0.3 is 14.8 Å². The van der Waals surface area contributed by atoms with Crippen LogP contribution >= 0.6 is 11.3 Å². The van der Waals surface area contributed by atoms with Gasteiger partial charge >= 0.3 is 6.03 Å². The molecule has 1 unspecified atom stereocenters. The molecule has 0 aliphatic carbocycles. The molecule has 0 spiro atoms. The van der Waals surface area contributed by atoms with E-state index in [9.17, 15) is 4.79 Å². The summed E-state index contributed by atoms with van der Waals surface area (Å²) in [7, 11) is 0. The minimum atomic E-state index is 0.0493. The Kier molecular flexibility index (Phi) is 6.01. The molecule has 1 N–H and O–H groups in total. The first kappa shape index (κ1) is 17.8. The standard InChI is InChI=1S/C17H26N6OS/c1-13-18-9-12-22(13)11-7-15-5-3-4-10-23(15)17(24)19-8-6-16-21-20-14(2)25-16/h9,12,15H,3-8,10-11H2,1-2H3,(H,19,24). The average molecular weight is 363 g/mol. The van der Waals surface area contributed by atoms with Gasteiger partial charge in [0.1, 0.15) is 15.8 Å². The summed E-state index contributed by atoms with van der Waals surface area (Å²) in [4.78, 5) is 18.9. The second kappa shape index (κ2) is 8.42. The minimum absolute atomic E-state index is 0.0493. The van der Waals surface area contributed by atoms with E-state index in [1.807, 2.05) is 31.1 Å². The zero-order valence-corrected chi connectivity index (χ0v) is 15.8. The average Bonchev–Trinajstić information content (AvgIpc) is 3.21. The van der Waals surface area contributed by atoms with E-state index in [0.29, 0.717) is 12.6 Å². The third kappa shape index (κ3) is 4.78. The Morgan fingerprint density at radius 2 is 2.24 bits per heavy atom. The molecule has 136 valence electrons. The van der Waals surface area contributed by atoms with Gasteiger partial charge in [0.25, 0.3) is 0 Å². The summed E-state index contributed by atoms with van der Waals surface area (Å²) in [6.07, 6.45) is 8.91. The molecular weight excluding hydrogens is 336 g/mol. The highest BCUT2D eigenvalue weighted by Crippen LogP contribution is 2.20. The first-order valence-corrected chi connectivity index (χ1v) is 9.76. The second-order valence-corrected chi connectivity index (χ2v) is 7.76. The fourth-order valence-corrected chi connectivity index (χ4v) is 4.02. The quantitative estimate of drug-likeness (QED) is 0.857. The molecule has 25 heavy (non-hydrogen) atoms. The Balaban J connectivity index is 1.49. The lowest BCUT2D eigenvalue weighted by Gasteiger charge is -2.36. The van der Waals surface area contributed by atoms with Crippen LogP contribution in [0.5, 0.6) is 0 Å². The Labute approximate surface area is 152 Å². The minimum Gasteiger partial charge on any atom is -0.338 e. The van der Waals surface area contributed by atoms with Crippen LogP contribution in [-0.4, -0.2) is 49.8 Å². The van der Waals surface area contributed by atoms with Crippen molar-refractivity contribution in [3.05, 3.63) is 28.2 Å². The molecule has 2 amide bonds. The molecule has 3 heterocycles. The van der Waals surface area contributed by atoms with Crippen LogP contribution in [0.3, 0.4) is 0 Å². The molecular formula is C17H26N6OS. The monoisotopic (exact) mass is 362 g/mol. The lowest BCUT2D eigenvalue weighted by molar-refractivity contribution is 0.144. The number of urea groups is 1. The molecule has 0 radical (unpaired) electrons. The zero-order chi connectivity index (χ0) is 17.6. The molecule has 1 saturated heterocycles. The molecule has 0 bridgehead atoms. The SMILES string of the molecule is Cc1nnc(CCNC(=O)N2CCCCC2CCn2ccnc2C)s1. The number of nitrogens with one attached hydrogen (secondary N) is 1. The van der Waals surface area contributed by atoms with Crippen molar-refractivity contribution < 1.29 is 4.79 Å². The van der Waals surface area contributed by atoms with Crippen LogP contribution in [0.2, 0.25) is 0 Å². The summed E-state index contributed by atoms with van der Waals surface area (Å²) >= 11 is 1.59. The summed E-state index contributed by atoms with van der Waals surface area (Å²) < 4.78 is 2.16. The number of amides is 2. The van der Waals surface area contributed by atoms with Gasteiger partial charge in [0.05, 0.1) is 0 Å². The molecule has 1 fully saturated rings. The van der Waals surface area contributed by atoms with Gasteiger partial charge in [-0.1, -0.05) is 0 Å². The molecule has 0 saturated carbocycles. The maximum Gasteiger partial charge on any atom is 0.317 e. The fourth-order valence-electron chi connectivity index (χ4n) is 3.31. The van der Waals surface area contributed by atoms with E-state index in [0.717, 1.165) is 54.6 Å². The van der Waals surface area contributed by atoms with E-state index in [1.54, 1.807) is 11.3 Å². The summed E-state index contributed by atoms with van der Waals surface area (Å²) in [5.74, 6) is 1.03. The van der Waals surface area contributed by atoms with E-state index < -0.39 is 0 Å². The third-order valence-corrected chi connectivity index (χ3v) is 5.60. The van der Waals surface area contributed by atoms with Gasteiger partial charge in [-0.15, -0.1) is 21.5 Å². The van der Waals surface area contributed by atoms with Crippen molar-refractivity contribution in [2.45, 2.75) is 58.5 Å². The van der Waals surface area contributed by atoms with Crippen LogP contribution in [0.25, 0.3) is 0 Å². The lowest BCUT2D eigenvalue weighted by Crippen LogP contribution is -2.49. The number of hydrogen-bond donors (Lipinski definition) is 1. The van der Waals surface area contributed by atoms with Crippen molar-refractivity contribution in [2.75, 3.05) is 13.1 Å². The number of imidazole rings is 1. The van der Waals surface area contributed by atoms with Gasteiger partial charge in [-0.25, -0.2) is 9.78 Å². The zero-order valence-electron chi connectivity index (χ0n) is 14.9. The number of hydrogen-bond acceptors (Lipinski definition) is 5. The largest absolute Gasteiger partial charge is 0.338 e. The highest BCUT2D eigenvalue weighted by atomic mass is 32.1. The van der Waals surface area contributed by atoms with Crippen molar-refractivity contribution in [3.63, 3.8) is 0 Å². The predicted octanol–water partition coefficient (Wildman–Crippen LogP) is 2.55. The molecule has 2 aromatic rings. The topological polar surface area (TPSA) is 75.9 Å². The van der Waals surface area contributed by atoms with Crippen LogP contribution < -0.4 is 5.32 Å². The Morgan fingerprint density at radius 3 is 2.96 bits per heavy atom. The van der Waals surface area contributed by atoms with Crippen LogP contribution in [-0.2, 0) is 13.0 Å². The normalized spacial score (nSPS) is 17.7. The number of aromatic nitrogens is 4. The number of carbonyl (C=O) groups excluding carboxylic acids is 1. The fraction of sp³-hybridized carbons (Fsp3) is 0.647. The highest BCUT2D eigenvalue weighted by Gasteiger charge is 2.26. The summed E-state index contributed by atoms with van der Waals surface area (Å²) in [5, 5.41) is 13.1. The van der Waals surface area contributed by atoms with E-state index in [-0.39, 0.29) is 6.03 Å². The number of aryl methyl sites for hydroxylation is 3. The number of likely N-dealkylation sites (tertiary alicyclic amines) is 1. The molecule has 7 nitrogen and oxygen atoms in total. The summed E-state index contributed by atoms with van der Waals surface area (Å²) in [5.41, 5.74) is 0. The van der Waals surface area contributed by atoms with E-state index >= 15 is 0 Å². The van der Waals surface area contributed by atoms with Crippen LogP contribution in [0.1, 0.15) is 41.5 Å². The number of piperidine rings is 1. The van der Waals surface area contributed by atoms with Crippen LogP contribution in [0.4, 0.5) is 4.79 Å². The van der Waals surface area contributed by atoms with Crippen LogP contribution in [0, 0.1) is 13.8 Å². The predicted molar refractivity (Wildman–Crippen MR) is 97.7 cm³/mol. The molecule has 1 aliphatic heterocycles. The first-order valence-electron chi connectivity index (χ1n) is 8.94. The van der Waals surface area contributed by atoms with Gasteiger partial charge in [-0.05, 0) is 39.5 Å². The van der Waals surface area contributed by atoms with E-state index in [4.69, 9.17) is 0 Å². The highest BCUT2D eigenvalue weighted by molar-refractivity contribution is 7.11. The molecule has 3 rings (SSSR count). The van der Waals surface area contributed by atoms with E-state index in [2.05, 4.69) is 25.1 Å². The Bertz CT molecular complexity index is 697. The molecule has 2 aromatic heterocycles. The van der Waals surface area contributed by atoms with E-state index in [1.165, 1.54) is 6.42 Å². The maximum atomic E-state index is 12.6. The van der Waals surface area contributed by atoms with Crippen molar-refractivity contribution in [1.82, 2.24) is 30.0 Å². The number of rotatable bonds is 6. The van der Waals surface area contributed by atoms with Gasteiger partial charge in [-0.2, -0.15) is 0 Å². The van der Waals surface area contributed by atoms with Gasteiger partial charge in [0.2, 0.25) is 0 Å². The molecule has 8 heteroatoms. The summed E-state index contributed by atoms with van der Waals surface area (Å²) in [6, 6.07) is 0.354. The van der Waals surface area contributed by atoms with Gasteiger partial charge in [0.15, 0.2) is 0 Å². The number of nitrogens with zero attached hydrogens (tertiary/aromatic N) is 5. The van der Waals surface area contributed by atoms with Crippen molar-refractivity contribution in [2.24, 2.45) is 0 Å². The summed E-state index contributed by atoms with van der Waals surface area (Å²) in [6.45, 7) is 6.32. The molecule has 1 aliphatic rings. The Morgan fingerprint density at radius 1 is 1.36 bits per heavy atom. The van der Waals surface area contributed by atoms with Crippen molar-refractivity contribution in [3.8, 4) is 0 Å². The maximum absolute atomic E-state index is 12.6. The third-order valence-electron chi connectivity index (χ3n) is 4.70. The van der Waals surface area contributed by atoms with Crippen LogP contribution in [0.15, 0.2) is 12.4 Å². The second-order valence-electron chi connectivity index (χ2n) is 6.50. The lowest BCUT2D eigenvalue weighted by atomic mass is 9.99. The Hall–Kier alpha value is -1.96. The first-order chi connectivity index (χ1) is 12.1. The molecule has 1 atom stereocenters.